The van der Waals surface area contributed by atoms with Gasteiger partial charge in [0.25, 0.3) is 0 Å². The van der Waals surface area contributed by atoms with Gasteiger partial charge in [0.05, 0.1) is 10.7 Å². The lowest BCUT2D eigenvalue weighted by molar-refractivity contribution is -0.116. The maximum absolute atomic E-state index is 11.9. The molecule has 0 bridgehead atoms. The van der Waals surface area contributed by atoms with E-state index < -0.39 is 0 Å². The molecule has 5 heteroatoms. The predicted octanol–water partition coefficient (Wildman–Crippen LogP) is 3.37. The number of nitrogen functional groups attached to an aromatic ring is 1. The Bertz CT molecular complexity index is 506. The van der Waals surface area contributed by atoms with E-state index in [-0.39, 0.29) is 5.91 Å². The van der Waals surface area contributed by atoms with Gasteiger partial charge >= 0.3 is 0 Å². The molecule has 0 saturated carbocycles. The molecule has 1 aliphatic rings. The van der Waals surface area contributed by atoms with E-state index in [0.29, 0.717) is 28.9 Å². The summed E-state index contributed by atoms with van der Waals surface area (Å²) in [5.74, 6) is 0.794. The first-order chi connectivity index (χ1) is 9.95. The number of benzene rings is 1. The molecule has 1 amide bonds. The zero-order valence-corrected chi connectivity index (χ0v) is 13.5. The van der Waals surface area contributed by atoms with E-state index in [1.807, 2.05) is 0 Å². The topological polar surface area (TPSA) is 58.4 Å². The summed E-state index contributed by atoms with van der Waals surface area (Å²) in [6.45, 7) is 6.69. The van der Waals surface area contributed by atoms with Gasteiger partial charge in [0, 0.05) is 24.7 Å². The average Bonchev–Trinajstić information content (AvgIpc) is 2.72. The van der Waals surface area contributed by atoms with Crippen LogP contribution in [0.15, 0.2) is 18.2 Å². The van der Waals surface area contributed by atoms with Crippen LogP contribution >= 0.6 is 11.6 Å². The van der Waals surface area contributed by atoms with E-state index >= 15 is 0 Å². The van der Waals surface area contributed by atoms with Crippen molar-refractivity contribution in [2.75, 3.05) is 24.1 Å². The quantitative estimate of drug-likeness (QED) is 0.820. The molecule has 0 spiro atoms. The fraction of sp³-hybridized carbons (Fsp3) is 0.562. The van der Waals surface area contributed by atoms with Crippen LogP contribution in [0.2, 0.25) is 5.02 Å². The summed E-state index contributed by atoms with van der Waals surface area (Å²) < 4.78 is 0. The van der Waals surface area contributed by atoms with E-state index in [1.165, 1.54) is 6.42 Å². The number of anilines is 2. The number of carbonyl (C=O) groups is 1. The zero-order valence-electron chi connectivity index (χ0n) is 12.7. The number of hydrogen-bond donors (Lipinski definition) is 2. The fourth-order valence-electron chi connectivity index (χ4n) is 2.99. The highest BCUT2D eigenvalue weighted by molar-refractivity contribution is 6.33. The van der Waals surface area contributed by atoms with E-state index in [9.17, 15) is 4.79 Å². The average molecular weight is 310 g/mol. The number of halogens is 1. The minimum atomic E-state index is 0.0246. The van der Waals surface area contributed by atoms with Crippen LogP contribution in [0.4, 0.5) is 11.4 Å². The summed E-state index contributed by atoms with van der Waals surface area (Å²) in [7, 11) is 0. The maximum atomic E-state index is 11.9. The molecule has 1 heterocycles. The van der Waals surface area contributed by atoms with Crippen LogP contribution in [0.25, 0.3) is 0 Å². The Morgan fingerprint density at radius 2 is 2.24 bits per heavy atom. The molecular formula is C16H24ClN3O. The van der Waals surface area contributed by atoms with Gasteiger partial charge in [-0.05, 0) is 50.4 Å². The molecule has 4 nitrogen and oxygen atoms in total. The van der Waals surface area contributed by atoms with E-state index in [4.69, 9.17) is 17.3 Å². The normalized spacial score (nSPS) is 22.4. The number of nitrogens with one attached hydrogen (secondary N) is 1. The third-order valence-electron chi connectivity index (χ3n) is 4.04. The minimum absolute atomic E-state index is 0.0246. The Hall–Kier alpha value is -1.26. The first-order valence-corrected chi connectivity index (χ1v) is 7.92. The largest absolute Gasteiger partial charge is 0.397 e. The van der Waals surface area contributed by atoms with Gasteiger partial charge in [0.1, 0.15) is 0 Å². The molecule has 21 heavy (non-hydrogen) atoms. The van der Waals surface area contributed by atoms with Crippen LogP contribution in [0, 0.1) is 5.92 Å². The van der Waals surface area contributed by atoms with Crippen molar-refractivity contribution in [3.05, 3.63) is 23.2 Å². The Morgan fingerprint density at radius 3 is 2.86 bits per heavy atom. The molecule has 2 unspecified atom stereocenters. The molecule has 2 rings (SSSR count). The van der Waals surface area contributed by atoms with Crippen molar-refractivity contribution in [1.29, 1.82) is 0 Å². The number of rotatable bonds is 5. The van der Waals surface area contributed by atoms with Crippen molar-refractivity contribution in [2.45, 2.75) is 39.2 Å². The molecule has 0 radical (unpaired) electrons. The van der Waals surface area contributed by atoms with Gasteiger partial charge in [-0.15, -0.1) is 0 Å². The van der Waals surface area contributed by atoms with Crippen LogP contribution in [0.5, 0.6) is 0 Å². The smallest absolute Gasteiger partial charge is 0.224 e. The van der Waals surface area contributed by atoms with Gasteiger partial charge in [-0.1, -0.05) is 18.5 Å². The standard InChI is InChI=1S/C16H24ClN3O/c1-11-8-12(2)20(10-11)7-3-4-16(21)19-13-5-6-14(17)15(18)9-13/h5-6,9,11-12H,3-4,7-8,10,18H2,1-2H3,(H,19,21). The zero-order chi connectivity index (χ0) is 15.4. The first-order valence-electron chi connectivity index (χ1n) is 7.54. The summed E-state index contributed by atoms with van der Waals surface area (Å²) in [6, 6.07) is 5.78. The first kappa shape index (κ1) is 16.1. The van der Waals surface area contributed by atoms with Gasteiger partial charge in [-0.3, -0.25) is 4.79 Å². The number of nitrogens with zero attached hydrogens (tertiary/aromatic N) is 1. The van der Waals surface area contributed by atoms with Crippen molar-refractivity contribution in [2.24, 2.45) is 5.92 Å². The van der Waals surface area contributed by atoms with Crippen LogP contribution in [-0.2, 0) is 4.79 Å². The Balaban J connectivity index is 1.73. The second-order valence-corrected chi connectivity index (χ2v) is 6.48. The monoisotopic (exact) mass is 309 g/mol. The van der Waals surface area contributed by atoms with Gasteiger partial charge in [-0.2, -0.15) is 0 Å². The molecule has 1 aromatic carbocycles. The lowest BCUT2D eigenvalue weighted by atomic mass is 10.1. The van der Waals surface area contributed by atoms with Crippen LogP contribution < -0.4 is 11.1 Å². The van der Waals surface area contributed by atoms with Crippen LogP contribution in [0.1, 0.15) is 33.1 Å². The maximum Gasteiger partial charge on any atom is 0.224 e. The molecule has 0 aromatic heterocycles. The third kappa shape index (κ3) is 4.61. The summed E-state index contributed by atoms with van der Waals surface area (Å²) in [5, 5.41) is 3.36. The van der Waals surface area contributed by atoms with Gasteiger partial charge in [0.2, 0.25) is 5.91 Å². The van der Waals surface area contributed by atoms with E-state index in [0.717, 1.165) is 25.4 Å². The molecule has 1 saturated heterocycles. The molecule has 1 aliphatic heterocycles. The SMILES string of the molecule is CC1CC(C)N(CCCC(=O)Nc2ccc(Cl)c(N)c2)C1. The second-order valence-electron chi connectivity index (χ2n) is 6.07. The third-order valence-corrected chi connectivity index (χ3v) is 4.39. The van der Waals surface area contributed by atoms with Crippen LogP contribution in [-0.4, -0.2) is 29.9 Å². The highest BCUT2D eigenvalue weighted by Crippen LogP contribution is 2.23. The summed E-state index contributed by atoms with van der Waals surface area (Å²) >= 11 is 5.86. The fourth-order valence-corrected chi connectivity index (χ4v) is 3.10. The lowest BCUT2D eigenvalue weighted by Gasteiger charge is -2.20. The molecule has 1 aromatic rings. The van der Waals surface area contributed by atoms with Crippen molar-refractivity contribution >= 4 is 28.9 Å². The number of carbonyl (C=O) groups excluding carboxylic acids is 1. The highest BCUT2D eigenvalue weighted by atomic mass is 35.5. The van der Waals surface area contributed by atoms with Crippen LogP contribution in [0.3, 0.4) is 0 Å². The molecule has 0 aliphatic carbocycles. The predicted molar refractivity (Wildman–Crippen MR) is 88.5 cm³/mol. The molecule has 2 atom stereocenters. The highest BCUT2D eigenvalue weighted by Gasteiger charge is 2.25. The number of amides is 1. The Labute approximate surface area is 131 Å². The minimum Gasteiger partial charge on any atom is -0.397 e. The summed E-state index contributed by atoms with van der Waals surface area (Å²) in [4.78, 5) is 14.4. The van der Waals surface area contributed by atoms with Crippen molar-refractivity contribution in [3.63, 3.8) is 0 Å². The van der Waals surface area contributed by atoms with Crippen molar-refractivity contribution < 1.29 is 4.79 Å². The summed E-state index contributed by atoms with van der Waals surface area (Å²) in [5.41, 5.74) is 6.90. The molecular weight excluding hydrogens is 286 g/mol. The number of likely N-dealkylation sites (tertiary alicyclic amines) is 1. The molecule has 1 fully saturated rings. The van der Waals surface area contributed by atoms with E-state index in [1.54, 1.807) is 18.2 Å². The van der Waals surface area contributed by atoms with E-state index in [2.05, 4.69) is 24.1 Å². The Kier molecular flexibility index (Phi) is 5.48. The van der Waals surface area contributed by atoms with Gasteiger partial charge in [-0.25, -0.2) is 0 Å². The van der Waals surface area contributed by atoms with Crippen molar-refractivity contribution in [3.8, 4) is 0 Å². The molecule has 116 valence electrons. The molecule has 3 N–H and O–H groups in total. The van der Waals surface area contributed by atoms with Crippen molar-refractivity contribution in [1.82, 2.24) is 4.90 Å². The lowest BCUT2D eigenvalue weighted by Crippen LogP contribution is -2.28. The Morgan fingerprint density at radius 1 is 1.48 bits per heavy atom. The summed E-state index contributed by atoms with van der Waals surface area (Å²) in [6.07, 6.45) is 2.67. The second kappa shape index (κ2) is 7.14. The number of nitrogens with two attached hydrogens (primary N) is 1. The van der Waals surface area contributed by atoms with Gasteiger partial charge < -0.3 is 16.0 Å². The number of hydrogen-bond acceptors (Lipinski definition) is 3. The van der Waals surface area contributed by atoms with Gasteiger partial charge in [0.15, 0.2) is 0 Å².